The first-order valence-electron chi connectivity index (χ1n) is 6.13. The van der Waals surface area contributed by atoms with Crippen LogP contribution in [0, 0.1) is 0 Å². The van der Waals surface area contributed by atoms with Crippen molar-refractivity contribution in [1.82, 2.24) is 20.0 Å². The summed E-state index contributed by atoms with van der Waals surface area (Å²) in [5.74, 6) is 0.390. The Balaban J connectivity index is 2.23. The predicted molar refractivity (Wildman–Crippen MR) is 66.1 cm³/mol. The van der Waals surface area contributed by atoms with E-state index in [2.05, 4.69) is 24.3 Å². The van der Waals surface area contributed by atoms with Gasteiger partial charge in [0.2, 0.25) is 0 Å². The van der Waals surface area contributed by atoms with E-state index >= 15 is 0 Å². The molecule has 1 saturated heterocycles. The first-order chi connectivity index (χ1) is 8.09. The number of nitrogens with one attached hydrogen (secondary N) is 1. The number of hydrogen-bond acceptors (Lipinski definition) is 3. The van der Waals surface area contributed by atoms with Crippen LogP contribution < -0.4 is 5.32 Å². The molecule has 0 aliphatic carbocycles. The van der Waals surface area contributed by atoms with Gasteiger partial charge in [-0.15, -0.1) is 0 Å². The topological polar surface area (TPSA) is 50.2 Å². The SMILES string of the molecule is CC(C)c1cn(C)nc1C(=O)N1CCNCC1. The lowest BCUT2D eigenvalue weighted by atomic mass is 10.0. The van der Waals surface area contributed by atoms with E-state index in [0.717, 1.165) is 31.7 Å². The molecule has 1 aromatic heterocycles. The number of aryl methyl sites for hydroxylation is 1. The monoisotopic (exact) mass is 236 g/mol. The van der Waals surface area contributed by atoms with Gasteiger partial charge in [0, 0.05) is 45.0 Å². The Morgan fingerprint density at radius 3 is 2.65 bits per heavy atom. The number of carbonyl (C=O) groups excluding carboxylic acids is 1. The normalized spacial score (nSPS) is 16.6. The minimum absolute atomic E-state index is 0.0656. The molecule has 0 radical (unpaired) electrons. The van der Waals surface area contributed by atoms with Gasteiger partial charge in [-0.2, -0.15) is 5.10 Å². The fourth-order valence-corrected chi connectivity index (χ4v) is 2.11. The van der Waals surface area contributed by atoms with Crippen LogP contribution in [0.3, 0.4) is 0 Å². The average Bonchev–Trinajstić information content (AvgIpc) is 2.72. The fourth-order valence-electron chi connectivity index (χ4n) is 2.11. The molecule has 0 atom stereocenters. The van der Waals surface area contributed by atoms with Gasteiger partial charge in [0.15, 0.2) is 5.69 Å². The van der Waals surface area contributed by atoms with Crippen LogP contribution in [0.4, 0.5) is 0 Å². The van der Waals surface area contributed by atoms with E-state index in [4.69, 9.17) is 0 Å². The Morgan fingerprint density at radius 1 is 1.41 bits per heavy atom. The third-order valence-electron chi connectivity index (χ3n) is 3.09. The summed E-state index contributed by atoms with van der Waals surface area (Å²) in [5.41, 5.74) is 1.65. The number of aromatic nitrogens is 2. The maximum Gasteiger partial charge on any atom is 0.274 e. The average molecular weight is 236 g/mol. The van der Waals surface area contributed by atoms with Crippen molar-refractivity contribution < 1.29 is 4.79 Å². The molecule has 0 bridgehead atoms. The van der Waals surface area contributed by atoms with Crippen LogP contribution in [0.1, 0.15) is 35.8 Å². The Kier molecular flexibility index (Phi) is 3.47. The standard InChI is InChI=1S/C12H20N4O/c1-9(2)10-8-15(3)14-11(10)12(17)16-6-4-13-5-7-16/h8-9,13H,4-7H2,1-3H3. The highest BCUT2D eigenvalue weighted by atomic mass is 16.2. The molecule has 17 heavy (non-hydrogen) atoms. The Bertz CT molecular complexity index is 405. The van der Waals surface area contributed by atoms with Crippen molar-refractivity contribution in [3.8, 4) is 0 Å². The van der Waals surface area contributed by atoms with Gasteiger partial charge in [-0.05, 0) is 5.92 Å². The van der Waals surface area contributed by atoms with E-state index in [9.17, 15) is 4.79 Å². The second-order valence-electron chi connectivity index (χ2n) is 4.80. The molecule has 5 heteroatoms. The van der Waals surface area contributed by atoms with Gasteiger partial charge in [-0.3, -0.25) is 9.48 Å². The van der Waals surface area contributed by atoms with Crippen LogP contribution in [0.2, 0.25) is 0 Å². The molecule has 0 unspecified atom stereocenters. The van der Waals surface area contributed by atoms with Crippen molar-refractivity contribution in [3.63, 3.8) is 0 Å². The zero-order valence-electron chi connectivity index (χ0n) is 10.7. The van der Waals surface area contributed by atoms with Gasteiger partial charge in [0.05, 0.1) is 0 Å². The number of rotatable bonds is 2. The summed E-state index contributed by atoms with van der Waals surface area (Å²) < 4.78 is 1.73. The van der Waals surface area contributed by atoms with Crippen molar-refractivity contribution in [3.05, 3.63) is 17.5 Å². The van der Waals surface area contributed by atoms with Crippen LogP contribution in [0.15, 0.2) is 6.20 Å². The van der Waals surface area contributed by atoms with Gasteiger partial charge in [-0.1, -0.05) is 13.8 Å². The largest absolute Gasteiger partial charge is 0.335 e. The van der Waals surface area contributed by atoms with Crippen molar-refractivity contribution in [2.45, 2.75) is 19.8 Å². The van der Waals surface area contributed by atoms with E-state index in [-0.39, 0.29) is 5.91 Å². The summed E-state index contributed by atoms with van der Waals surface area (Å²) in [4.78, 5) is 14.2. The molecule has 0 spiro atoms. The molecular weight excluding hydrogens is 216 g/mol. The quantitative estimate of drug-likeness (QED) is 0.817. The summed E-state index contributed by atoms with van der Waals surface area (Å²) in [7, 11) is 1.86. The smallest absolute Gasteiger partial charge is 0.274 e. The molecule has 5 nitrogen and oxygen atoms in total. The Hall–Kier alpha value is -1.36. The number of nitrogens with zero attached hydrogens (tertiary/aromatic N) is 3. The maximum absolute atomic E-state index is 12.4. The zero-order chi connectivity index (χ0) is 12.4. The van der Waals surface area contributed by atoms with E-state index in [1.807, 2.05) is 18.1 Å². The van der Waals surface area contributed by atoms with Crippen LogP contribution in [0.5, 0.6) is 0 Å². The third-order valence-corrected chi connectivity index (χ3v) is 3.09. The number of amides is 1. The molecule has 1 aliphatic rings. The highest BCUT2D eigenvalue weighted by Crippen LogP contribution is 2.19. The van der Waals surface area contributed by atoms with Crippen LogP contribution in [-0.2, 0) is 7.05 Å². The van der Waals surface area contributed by atoms with Crippen molar-refractivity contribution in [2.24, 2.45) is 7.05 Å². The third kappa shape index (κ3) is 2.49. The molecule has 2 heterocycles. The van der Waals surface area contributed by atoms with E-state index in [1.165, 1.54) is 0 Å². The van der Waals surface area contributed by atoms with Crippen molar-refractivity contribution >= 4 is 5.91 Å². The summed E-state index contributed by atoms with van der Waals surface area (Å²) in [6.07, 6.45) is 1.94. The number of piperazine rings is 1. The lowest BCUT2D eigenvalue weighted by Crippen LogP contribution is -2.46. The molecule has 1 N–H and O–H groups in total. The van der Waals surface area contributed by atoms with Crippen LogP contribution >= 0.6 is 0 Å². The molecule has 1 amide bonds. The zero-order valence-corrected chi connectivity index (χ0v) is 10.7. The first-order valence-corrected chi connectivity index (χ1v) is 6.13. The Labute approximate surface area is 102 Å². The summed E-state index contributed by atoms with van der Waals surface area (Å²) in [6.45, 7) is 7.46. The highest BCUT2D eigenvalue weighted by Gasteiger charge is 2.24. The molecule has 2 rings (SSSR count). The minimum atomic E-state index is 0.0656. The van der Waals surface area contributed by atoms with E-state index < -0.39 is 0 Å². The molecule has 94 valence electrons. The second kappa shape index (κ2) is 4.87. The molecule has 0 aromatic carbocycles. The fraction of sp³-hybridized carbons (Fsp3) is 0.667. The van der Waals surface area contributed by atoms with Gasteiger partial charge >= 0.3 is 0 Å². The molecular formula is C12H20N4O. The predicted octanol–water partition coefficient (Wildman–Crippen LogP) is 0.589. The molecule has 1 aliphatic heterocycles. The van der Waals surface area contributed by atoms with Crippen molar-refractivity contribution in [2.75, 3.05) is 26.2 Å². The Morgan fingerprint density at radius 2 is 2.06 bits per heavy atom. The summed E-state index contributed by atoms with van der Waals surface area (Å²) in [6, 6.07) is 0. The summed E-state index contributed by atoms with van der Waals surface area (Å²) in [5, 5.41) is 7.56. The van der Waals surface area contributed by atoms with Gasteiger partial charge in [0.1, 0.15) is 0 Å². The molecule has 1 aromatic rings. The minimum Gasteiger partial charge on any atom is -0.335 e. The van der Waals surface area contributed by atoms with Gasteiger partial charge in [0.25, 0.3) is 5.91 Å². The lowest BCUT2D eigenvalue weighted by Gasteiger charge is -2.27. The lowest BCUT2D eigenvalue weighted by molar-refractivity contribution is 0.0727. The van der Waals surface area contributed by atoms with Gasteiger partial charge in [-0.25, -0.2) is 0 Å². The van der Waals surface area contributed by atoms with Crippen LogP contribution in [0.25, 0.3) is 0 Å². The second-order valence-corrected chi connectivity index (χ2v) is 4.80. The van der Waals surface area contributed by atoms with E-state index in [1.54, 1.807) is 4.68 Å². The first kappa shape index (κ1) is 12.1. The van der Waals surface area contributed by atoms with Crippen molar-refractivity contribution in [1.29, 1.82) is 0 Å². The van der Waals surface area contributed by atoms with Gasteiger partial charge < -0.3 is 10.2 Å². The molecule has 1 fully saturated rings. The van der Waals surface area contributed by atoms with Crippen LogP contribution in [-0.4, -0.2) is 46.8 Å². The summed E-state index contributed by atoms with van der Waals surface area (Å²) >= 11 is 0. The molecule has 0 saturated carbocycles. The maximum atomic E-state index is 12.4. The number of hydrogen-bond donors (Lipinski definition) is 1. The van der Waals surface area contributed by atoms with E-state index in [0.29, 0.717) is 11.6 Å². The highest BCUT2D eigenvalue weighted by molar-refractivity contribution is 5.94. The number of carbonyl (C=O) groups is 1.